The van der Waals surface area contributed by atoms with Gasteiger partial charge in [-0.3, -0.25) is 14.9 Å². The number of hydrogen-bond donors (Lipinski definition) is 2. The molecule has 0 bridgehead atoms. The van der Waals surface area contributed by atoms with E-state index in [4.69, 9.17) is 0 Å². The van der Waals surface area contributed by atoms with E-state index in [9.17, 15) is 4.79 Å². The zero-order chi connectivity index (χ0) is 16.4. The number of aromatic amines is 1. The van der Waals surface area contributed by atoms with Crippen molar-refractivity contribution < 1.29 is 4.79 Å². The maximum atomic E-state index is 12.5. The first-order valence-electron chi connectivity index (χ1n) is 8.36. The predicted octanol–water partition coefficient (Wildman–Crippen LogP) is 3.54. The van der Waals surface area contributed by atoms with Gasteiger partial charge < -0.3 is 5.32 Å². The number of carbonyl (C=O) groups is 1. The first kappa shape index (κ1) is 14.8. The van der Waals surface area contributed by atoms with Crippen LogP contribution in [0, 0.1) is 5.92 Å². The van der Waals surface area contributed by atoms with E-state index in [1.54, 1.807) is 18.6 Å². The Morgan fingerprint density at radius 1 is 1.12 bits per heavy atom. The van der Waals surface area contributed by atoms with Gasteiger partial charge in [0.1, 0.15) is 5.82 Å². The Kier molecular flexibility index (Phi) is 3.94. The molecule has 0 aliphatic heterocycles. The van der Waals surface area contributed by atoms with Crippen molar-refractivity contribution in [3.8, 4) is 11.1 Å². The molecule has 6 nitrogen and oxygen atoms in total. The van der Waals surface area contributed by atoms with Crippen LogP contribution in [0.5, 0.6) is 0 Å². The number of nitrogens with zero attached hydrogens (tertiary/aromatic N) is 3. The normalized spacial score (nSPS) is 15.5. The number of nitrogens with one attached hydrogen (secondary N) is 2. The molecule has 3 aromatic rings. The maximum Gasteiger partial charge on any atom is 0.228 e. The van der Waals surface area contributed by atoms with Crippen molar-refractivity contribution in [2.45, 2.75) is 32.1 Å². The minimum Gasteiger partial charge on any atom is -0.310 e. The largest absolute Gasteiger partial charge is 0.310 e. The fourth-order valence-electron chi connectivity index (χ4n) is 3.29. The van der Waals surface area contributed by atoms with E-state index in [1.807, 2.05) is 18.2 Å². The minimum absolute atomic E-state index is 0.0783. The van der Waals surface area contributed by atoms with E-state index in [0.717, 1.165) is 42.2 Å². The second kappa shape index (κ2) is 6.39. The molecule has 3 heterocycles. The zero-order valence-electron chi connectivity index (χ0n) is 13.3. The predicted molar refractivity (Wildman–Crippen MR) is 92.3 cm³/mol. The topological polar surface area (TPSA) is 83.6 Å². The molecule has 0 atom stereocenters. The van der Waals surface area contributed by atoms with Crippen molar-refractivity contribution in [2.24, 2.45) is 5.92 Å². The van der Waals surface area contributed by atoms with Crippen molar-refractivity contribution in [3.05, 3.63) is 36.8 Å². The van der Waals surface area contributed by atoms with Gasteiger partial charge in [0.05, 0.1) is 5.39 Å². The van der Waals surface area contributed by atoms with Crippen LogP contribution < -0.4 is 5.32 Å². The van der Waals surface area contributed by atoms with Crippen molar-refractivity contribution in [3.63, 3.8) is 0 Å². The average Bonchev–Trinajstić information content (AvgIpc) is 3.05. The average molecular weight is 321 g/mol. The van der Waals surface area contributed by atoms with E-state index >= 15 is 0 Å². The summed E-state index contributed by atoms with van der Waals surface area (Å²) in [4.78, 5) is 20.9. The summed E-state index contributed by atoms with van der Waals surface area (Å²) in [6.07, 6.45) is 10.7. The summed E-state index contributed by atoms with van der Waals surface area (Å²) in [6.45, 7) is 0. The summed E-state index contributed by atoms with van der Waals surface area (Å²) >= 11 is 0. The molecule has 1 aliphatic rings. The third kappa shape index (κ3) is 2.87. The molecule has 0 radical (unpaired) electrons. The number of carbonyl (C=O) groups excluding carboxylic acids is 1. The van der Waals surface area contributed by atoms with E-state index in [2.05, 4.69) is 25.5 Å². The molecule has 0 spiro atoms. The van der Waals surface area contributed by atoms with Crippen molar-refractivity contribution in [1.29, 1.82) is 0 Å². The van der Waals surface area contributed by atoms with Gasteiger partial charge in [0.25, 0.3) is 0 Å². The van der Waals surface area contributed by atoms with Crippen molar-refractivity contribution >= 4 is 22.8 Å². The molecule has 0 unspecified atom stereocenters. The number of hydrogen-bond acceptors (Lipinski definition) is 4. The third-order valence-corrected chi connectivity index (χ3v) is 4.65. The lowest BCUT2D eigenvalue weighted by Crippen LogP contribution is -2.24. The highest BCUT2D eigenvalue weighted by molar-refractivity contribution is 6.00. The van der Waals surface area contributed by atoms with Gasteiger partial charge in [-0.1, -0.05) is 19.3 Å². The summed E-state index contributed by atoms with van der Waals surface area (Å²) in [5.41, 5.74) is 2.61. The van der Waals surface area contributed by atoms with Gasteiger partial charge in [-0.05, 0) is 36.6 Å². The minimum atomic E-state index is 0.0783. The second-order valence-corrected chi connectivity index (χ2v) is 6.25. The molecule has 122 valence electrons. The fourth-order valence-corrected chi connectivity index (χ4v) is 3.29. The van der Waals surface area contributed by atoms with E-state index < -0.39 is 0 Å². The van der Waals surface area contributed by atoms with Crippen molar-refractivity contribution in [2.75, 3.05) is 5.32 Å². The summed E-state index contributed by atoms with van der Waals surface area (Å²) < 4.78 is 0. The molecular weight excluding hydrogens is 302 g/mol. The third-order valence-electron chi connectivity index (χ3n) is 4.65. The Balaban J connectivity index is 1.62. The number of aromatic nitrogens is 4. The van der Waals surface area contributed by atoms with Crippen LogP contribution >= 0.6 is 0 Å². The number of amides is 1. The summed E-state index contributed by atoms with van der Waals surface area (Å²) in [5, 5.41) is 10.9. The Morgan fingerprint density at radius 3 is 2.71 bits per heavy atom. The smallest absolute Gasteiger partial charge is 0.228 e. The summed E-state index contributed by atoms with van der Waals surface area (Å²) in [6, 6.07) is 5.87. The molecule has 1 amide bonds. The van der Waals surface area contributed by atoms with Gasteiger partial charge >= 0.3 is 0 Å². The lowest BCUT2D eigenvalue weighted by molar-refractivity contribution is -0.120. The van der Waals surface area contributed by atoms with Crippen LogP contribution in [0.4, 0.5) is 5.82 Å². The molecule has 6 heteroatoms. The van der Waals surface area contributed by atoms with Crippen LogP contribution in [0.25, 0.3) is 22.2 Å². The maximum absolute atomic E-state index is 12.5. The number of pyridine rings is 2. The first-order chi connectivity index (χ1) is 11.8. The molecular formula is C18H19N5O. The summed E-state index contributed by atoms with van der Waals surface area (Å²) in [5.74, 6) is 0.812. The van der Waals surface area contributed by atoms with Crippen LogP contribution in [0.2, 0.25) is 0 Å². The van der Waals surface area contributed by atoms with Crippen LogP contribution in [0.3, 0.4) is 0 Å². The van der Waals surface area contributed by atoms with Crippen LogP contribution in [0.15, 0.2) is 36.8 Å². The van der Waals surface area contributed by atoms with Gasteiger partial charge in [0.15, 0.2) is 5.65 Å². The van der Waals surface area contributed by atoms with E-state index in [1.165, 1.54) is 6.42 Å². The van der Waals surface area contributed by atoms with E-state index in [0.29, 0.717) is 11.5 Å². The molecule has 1 fully saturated rings. The molecule has 24 heavy (non-hydrogen) atoms. The highest BCUT2D eigenvalue weighted by Crippen LogP contribution is 2.28. The lowest BCUT2D eigenvalue weighted by Gasteiger charge is -2.20. The van der Waals surface area contributed by atoms with Gasteiger partial charge in [0.2, 0.25) is 5.91 Å². The molecule has 3 aromatic heterocycles. The monoisotopic (exact) mass is 321 g/mol. The molecule has 4 rings (SSSR count). The number of anilines is 1. The SMILES string of the molecule is O=C(Nc1[nH]nc2ncc(-c3ccncc3)cc12)C1CCCCC1. The Bertz CT molecular complexity index is 852. The van der Waals surface area contributed by atoms with Gasteiger partial charge in [-0.2, -0.15) is 5.10 Å². The van der Waals surface area contributed by atoms with Gasteiger partial charge in [0, 0.05) is 30.1 Å². The number of rotatable bonds is 3. The number of H-pyrrole nitrogens is 1. The van der Waals surface area contributed by atoms with Crippen molar-refractivity contribution in [1.82, 2.24) is 20.2 Å². The molecule has 1 saturated carbocycles. The Labute approximate surface area is 139 Å². The molecule has 2 N–H and O–H groups in total. The zero-order valence-corrected chi connectivity index (χ0v) is 13.3. The lowest BCUT2D eigenvalue weighted by atomic mass is 9.89. The molecule has 1 aliphatic carbocycles. The Morgan fingerprint density at radius 2 is 1.92 bits per heavy atom. The van der Waals surface area contributed by atoms with Gasteiger partial charge in [-0.15, -0.1) is 0 Å². The molecule has 0 aromatic carbocycles. The molecule has 0 saturated heterocycles. The quantitative estimate of drug-likeness (QED) is 0.773. The van der Waals surface area contributed by atoms with E-state index in [-0.39, 0.29) is 11.8 Å². The first-order valence-corrected chi connectivity index (χ1v) is 8.36. The summed E-state index contributed by atoms with van der Waals surface area (Å²) in [7, 11) is 0. The number of fused-ring (bicyclic) bond motifs is 1. The van der Waals surface area contributed by atoms with Crippen LogP contribution in [-0.4, -0.2) is 26.1 Å². The van der Waals surface area contributed by atoms with Crippen LogP contribution in [0.1, 0.15) is 32.1 Å². The Hall–Kier alpha value is -2.76. The second-order valence-electron chi connectivity index (χ2n) is 6.25. The van der Waals surface area contributed by atoms with Gasteiger partial charge in [-0.25, -0.2) is 4.98 Å². The highest BCUT2D eigenvalue weighted by atomic mass is 16.2. The standard InChI is InChI=1S/C18H19N5O/c24-18(13-4-2-1-3-5-13)21-17-15-10-14(11-20-16(15)22-23-17)12-6-8-19-9-7-12/h6-11,13H,1-5H2,(H2,20,21,22,23,24). The van der Waals surface area contributed by atoms with Crippen LogP contribution in [-0.2, 0) is 4.79 Å². The highest BCUT2D eigenvalue weighted by Gasteiger charge is 2.22. The fraction of sp³-hybridized carbons (Fsp3) is 0.333.